The lowest BCUT2D eigenvalue weighted by Crippen LogP contribution is -2.52. The second kappa shape index (κ2) is 4.43. The number of rotatable bonds is 5. The number of hydrogen-bond donors (Lipinski definition) is 2. The highest BCUT2D eigenvalue weighted by molar-refractivity contribution is 4.95. The topological polar surface area (TPSA) is 46.2 Å². The van der Waals surface area contributed by atoms with Crippen LogP contribution in [0.2, 0.25) is 0 Å². The van der Waals surface area contributed by atoms with E-state index in [9.17, 15) is 5.11 Å². The first kappa shape index (κ1) is 12.9. The third-order valence-electron chi connectivity index (χ3n) is 4.02. The predicted molar refractivity (Wildman–Crippen MR) is 57.5 cm³/mol. The van der Waals surface area contributed by atoms with Crippen LogP contribution in [0.4, 0.5) is 0 Å². The summed E-state index contributed by atoms with van der Waals surface area (Å²) in [7, 11) is 0. The van der Waals surface area contributed by atoms with Gasteiger partial charge in [0.15, 0.2) is 0 Å². The quantitative estimate of drug-likeness (QED) is 0.693. The molecule has 3 N–H and O–H groups in total. The molecule has 0 aromatic carbocycles. The molecule has 3 unspecified atom stereocenters. The van der Waals surface area contributed by atoms with Gasteiger partial charge in [-0.05, 0) is 19.3 Å². The fourth-order valence-corrected chi connectivity index (χ4v) is 1.70. The molecule has 0 bridgehead atoms. The zero-order valence-corrected chi connectivity index (χ0v) is 9.72. The van der Waals surface area contributed by atoms with E-state index < -0.39 is 5.60 Å². The van der Waals surface area contributed by atoms with Crippen LogP contribution in [0, 0.1) is 11.3 Å². The Labute approximate surface area is 82.5 Å². The molecule has 0 aliphatic heterocycles. The Balaban J connectivity index is 4.76. The van der Waals surface area contributed by atoms with Gasteiger partial charge in [-0.2, -0.15) is 0 Å². The number of hydrogen-bond acceptors (Lipinski definition) is 2. The van der Waals surface area contributed by atoms with Crippen molar-refractivity contribution in [3.63, 3.8) is 0 Å². The second-order valence-electron chi connectivity index (χ2n) is 4.58. The maximum atomic E-state index is 10.4. The number of aliphatic hydroxyl groups is 1. The number of nitrogens with two attached hydrogens (primary N) is 1. The molecule has 3 atom stereocenters. The van der Waals surface area contributed by atoms with Crippen molar-refractivity contribution in [1.82, 2.24) is 0 Å². The van der Waals surface area contributed by atoms with Gasteiger partial charge in [0.05, 0.1) is 5.60 Å². The summed E-state index contributed by atoms with van der Waals surface area (Å²) < 4.78 is 0. The molecule has 2 nitrogen and oxygen atoms in total. The van der Waals surface area contributed by atoms with Gasteiger partial charge in [0.2, 0.25) is 0 Å². The first-order valence-electron chi connectivity index (χ1n) is 5.28. The van der Waals surface area contributed by atoms with E-state index in [1.54, 1.807) is 0 Å². The molecule has 0 saturated heterocycles. The molecule has 0 fully saturated rings. The molecule has 2 heteroatoms. The molecule has 0 spiro atoms. The summed E-state index contributed by atoms with van der Waals surface area (Å²) in [6, 6.07) is 0. The molecule has 0 aliphatic rings. The van der Waals surface area contributed by atoms with Crippen molar-refractivity contribution in [1.29, 1.82) is 0 Å². The van der Waals surface area contributed by atoms with Crippen LogP contribution in [0.1, 0.15) is 47.5 Å². The molecule has 0 amide bonds. The minimum atomic E-state index is -0.661. The molecule has 0 saturated carbocycles. The molecule has 80 valence electrons. The van der Waals surface area contributed by atoms with E-state index in [4.69, 9.17) is 5.73 Å². The lowest BCUT2D eigenvalue weighted by atomic mass is 9.66. The monoisotopic (exact) mass is 187 g/mol. The first-order valence-corrected chi connectivity index (χ1v) is 5.28. The van der Waals surface area contributed by atoms with Crippen molar-refractivity contribution in [2.45, 2.75) is 53.1 Å². The predicted octanol–water partition coefficient (Wildman–Crippen LogP) is 2.16. The summed E-state index contributed by atoms with van der Waals surface area (Å²) in [5, 5.41) is 10.4. The Morgan fingerprint density at radius 1 is 1.31 bits per heavy atom. The SMILES string of the molecule is CCC(C)C(C)(O)C(C)(CC)CN. The summed E-state index contributed by atoms with van der Waals surface area (Å²) >= 11 is 0. The smallest absolute Gasteiger partial charge is 0.0710 e. The van der Waals surface area contributed by atoms with Crippen molar-refractivity contribution in [2.75, 3.05) is 6.54 Å². The molecule has 0 rings (SSSR count). The minimum Gasteiger partial charge on any atom is -0.389 e. The van der Waals surface area contributed by atoms with Crippen LogP contribution in [-0.4, -0.2) is 17.3 Å². The lowest BCUT2D eigenvalue weighted by molar-refractivity contribution is -0.0992. The minimum absolute atomic E-state index is 0.164. The van der Waals surface area contributed by atoms with Gasteiger partial charge >= 0.3 is 0 Å². The van der Waals surface area contributed by atoms with Crippen molar-refractivity contribution in [3.8, 4) is 0 Å². The van der Waals surface area contributed by atoms with Gasteiger partial charge in [-0.1, -0.05) is 34.1 Å². The van der Waals surface area contributed by atoms with Crippen molar-refractivity contribution >= 4 is 0 Å². The van der Waals surface area contributed by atoms with E-state index in [0.717, 1.165) is 12.8 Å². The summed E-state index contributed by atoms with van der Waals surface area (Å²) in [6.45, 7) is 10.8. The van der Waals surface area contributed by atoms with Gasteiger partial charge in [-0.25, -0.2) is 0 Å². The van der Waals surface area contributed by atoms with E-state index in [1.165, 1.54) is 0 Å². The third kappa shape index (κ3) is 2.23. The van der Waals surface area contributed by atoms with Crippen LogP contribution in [0.15, 0.2) is 0 Å². The summed E-state index contributed by atoms with van der Waals surface area (Å²) in [4.78, 5) is 0. The molecule has 13 heavy (non-hydrogen) atoms. The van der Waals surface area contributed by atoms with Gasteiger partial charge in [-0.15, -0.1) is 0 Å². The Morgan fingerprint density at radius 2 is 1.77 bits per heavy atom. The Bertz CT molecular complexity index is 150. The molecule has 0 aliphatic carbocycles. The Hall–Kier alpha value is -0.0800. The van der Waals surface area contributed by atoms with Crippen LogP contribution in [0.5, 0.6) is 0 Å². The average molecular weight is 187 g/mol. The van der Waals surface area contributed by atoms with Crippen LogP contribution >= 0.6 is 0 Å². The molecule has 0 aromatic heterocycles. The average Bonchev–Trinajstić information content (AvgIpc) is 2.14. The Morgan fingerprint density at radius 3 is 2.00 bits per heavy atom. The van der Waals surface area contributed by atoms with Crippen molar-refractivity contribution < 1.29 is 5.11 Å². The second-order valence-corrected chi connectivity index (χ2v) is 4.58. The Kier molecular flexibility index (Phi) is 4.40. The highest BCUT2D eigenvalue weighted by atomic mass is 16.3. The summed E-state index contributed by atoms with van der Waals surface area (Å²) in [5.74, 6) is 0.293. The van der Waals surface area contributed by atoms with Gasteiger partial charge in [0.25, 0.3) is 0 Å². The normalized spacial score (nSPS) is 23.3. The molecule has 0 radical (unpaired) electrons. The lowest BCUT2D eigenvalue weighted by Gasteiger charge is -2.45. The van der Waals surface area contributed by atoms with Crippen molar-refractivity contribution in [3.05, 3.63) is 0 Å². The van der Waals surface area contributed by atoms with E-state index in [-0.39, 0.29) is 5.41 Å². The first-order chi connectivity index (χ1) is 5.85. The van der Waals surface area contributed by atoms with Gasteiger partial charge in [-0.3, -0.25) is 0 Å². The van der Waals surface area contributed by atoms with Crippen LogP contribution in [0.3, 0.4) is 0 Å². The van der Waals surface area contributed by atoms with Crippen LogP contribution in [-0.2, 0) is 0 Å². The van der Waals surface area contributed by atoms with E-state index in [2.05, 4.69) is 27.7 Å². The van der Waals surface area contributed by atoms with Gasteiger partial charge in [0, 0.05) is 12.0 Å². The third-order valence-corrected chi connectivity index (χ3v) is 4.02. The van der Waals surface area contributed by atoms with Gasteiger partial charge in [0.1, 0.15) is 0 Å². The molecule has 0 aromatic rings. The fourth-order valence-electron chi connectivity index (χ4n) is 1.70. The maximum absolute atomic E-state index is 10.4. The van der Waals surface area contributed by atoms with Crippen LogP contribution < -0.4 is 5.73 Å². The van der Waals surface area contributed by atoms with Crippen molar-refractivity contribution in [2.24, 2.45) is 17.1 Å². The highest BCUT2D eigenvalue weighted by Crippen LogP contribution is 2.39. The fraction of sp³-hybridized carbons (Fsp3) is 1.00. The highest BCUT2D eigenvalue weighted by Gasteiger charge is 2.43. The summed E-state index contributed by atoms with van der Waals surface area (Å²) in [6.07, 6.45) is 1.91. The van der Waals surface area contributed by atoms with E-state index in [1.807, 2.05) is 6.92 Å². The molecular formula is C11H25NO. The molecular weight excluding hydrogens is 162 g/mol. The zero-order chi connectivity index (χ0) is 10.7. The largest absolute Gasteiger partial charge is 0.389 e. The maximum Gasteiger partial charge on any atom is 0.0710 e. The standard InChI is InChI=1S/C11H25NO/c1-6-9(3)11(5,13)10(4,7-2)8-12/h9,13H,6-8,12H2,1-5H3. The van der Waals surface area contributed by atoms with E-state index >= 15 is 0 Å². The van der Waals surface area contributed by atoms with E-state index in [0.29, 0.717) is 12.5 Å². The summed E-state index contributed by atoms with van der Waals surface area (Å²) in [5.41, 5.74) is 4.91. The van der Waals surface area contributed by atoms with Crippen LogP contribution in [0.25, 0.3) is 0 Å². The molecule has 0 heterocycles. The zero-order valence-electron chi connectivity index (χ0n) is 9.72. The van der Waals surface area contributed by atoms with Gasteiger partial charge < -0.3 is 10.8 Å².